The van der Waals surface area contributed by atoms with Crippen LogP contribution < -0.4 is 0 Å². The third-order valence-electron chi connectivity index (χ3n) is 2.77. The van der Waals surface area contributed by atoms with Gasteiger partial charge in [-0.25, -0.2) is 0 Å². The quantitative estimate of drug-likeness (QED) is 0.313. The molecule has 0 unspecified atom stereocenters. The molecule has 24 heavy (non-hydrogen) atoms. The molecule has 0 atom stereocenters. The monoisotopic (exact) mass is 482 g/mol. The summed E-state index contributed by atoms with van der Waals surface area (Å²) in [4.78, 5) is -0.437. The molecule has 11 heteroatoms. The number of rotatable bonds is 4. The van der Waals surface area contributed by atoms with Gasteiger partial charge >= 0.3 is 141 Å². The predicted molar refractivity (Wildman–Crippen MR) is 80.6 cm³/mol. The molecule has 0 aliphatic carbocycles. The molecule has 2 aromatic carbocycles. The van der Waals surface area contributed by atoms with E-state index in [2.05, 4.69) is 2.51 Å². The number of halogens is 6. The summed E-state index contributed by atoms with van der Waals surface area (Å²) in [7, 11) is -4.65. The van der Waals surface area contributed by atoms with Gasteiger partial charge in [-0.3, -0.25) is 0 Å². The van der Waals surface area contributed by atoms with Gasteiger partial charge in [0.25, 0.3) is 0 Å². The summed E-state index contributed by atoms with van der Waals surface area (Å²) in [6, 6.07) is 5.00. The fourth-order valence-corrected chi connectivity index (χ4v) is 6.12. The number of hydrogen-bond donors (Lipinski definition) is 1. The number of benzene rings is 2. The Balaban J connectivity index is 2.43. The second-order valence-corrected chi connectivity index (χ2v) is 9.42. The van der Waals surface area contributed by atoms with E-state index in [0.717, 1.165) is 12.1 Å². The Hall–Kier alpha value is -1.31. The van der Waals surface area contributed by atoms with Crippen molar-refractivity contribution in [3.8, 4) is 0 Å². The fraction of sp³-hybridized carbons (Fsp3) is 0.0769. The summed E-state index contributed by atoms with van der Waals surface area (Å²) >= 11 is -4.71. The van der Waals surface area contributed by atoms with Crippen LogP contribution in [0.3, 0.4) is 0 Å². The van der Waals surface area contributed by atoms with E-state index in [4.69, 9.17) is 0 Å². The third kappa shape index (κ3) is 3.53. The standard InChI is InChI=1S/C13H8F5IO4S/c1-6-2-4-7(5-3-6)24(21,22)23-19(20)13-11(17)9(15)8(14)10(16)12(13)18/h2-5,20H,1H3. The van der Waals surface area contributed by atoms with E-state index < -0.39 is 68.3 Å². The fourth-order valence-electron chi connectivity index (χ4n) is 1.57. The van der Waals surface area contributed by atoms with E-state index in [1.807, 2.05) is 0 Å². The molecule has 2 rings (SSSR count). The molecule has 0 heterocycles. The van der Waals surface area contributed by atoms with E-state index in [1.54, 1.807) is 6.92 Å². The molecule has 4 nitrogen and oxygen atoms in total. The van der Waals surface area contributed by atoms with Gasteiger partial charge in [-0.15, -0.1) is 0 Å². The van der Waals surface area contributed by atoms with E-state index in [-0.39, 0.29) is 0 Å². The molecule has 132 valence electrons. The average Bonchev–Trinajstić information content (AvgIpc) is 2.51. The Morgan fingerprint density at radius 1 is 0.875 bits per heavy atom. The van der Waals surface area contributed by atoms with Crippen LogP contribution >= 0.6 is 20.6 Å². The molecule has 0 saturated carbocycles. The van der Waals surface area contributed by atoms with Crippen LogP contribution in [0.15, 0.2) is 29.2 Å². The number of hydrogen-bond acceptors (Lipinski definition) is 4. The third-order valence-corrected chi connectivity index (χ3v) is 8.22. The zero-order valence-electron chi connectivity index (χ0n) is 11.7. The predicted octanol–water partition coefficient (Wildman–Crippen LogP) is 3.59. The van der Waals surface area contributed by atoms with Crippen LogP contribution in [-0.4, -0.2) is 11.9 Å². The molecule has 0 saturated heterocycles. The van der Waals surface area contributed by atoms with Gasteiger partial charge in [0.15, 0.2) is 0 Å². The van der Waals surface area contributed by atoms with E-state index in [9.17, 15) is 33.8 Å². The van der Waals surface area contributed by atoms with Gasteiger partial charge in [-0.1, -0.05) is 0 Å². The molecule has 0 spiro atoms. The normalized spacial score (nSPS) is 12.4. The van der Waals surface area contributed by atoms with Gasteiger partial charge in [0, 0.05) is 0 Å². The Labute approximate surface area is 141 Å². The van der Waals surface area contributed by atoms with Crippen molar-refractivity contribution in [2.75, 3.05) is 0 Å². The maximum atomic E-state index is 13.6. The van der Waals surface area contributed by atoms with Gasteiger partial charge in [-0.05, 0) is 0 Å². The molecule has 0 aliphatic rings. The van der Waals surface area contributed by atoms with Crippen LogP contribution in [0.2, 0.25) is 0 Å². The first kappa shape index (κ1) is 19.0. The Bertz CT molecular complexity index is 857. The van der Waals surface area contributed by atoms with Crippen LogP contribution in [0, 0.1) is 39.6 Å². The summed E-state index contributed by atoms with van der Waals surface area (Å²) < 4.78 is 103. The molecule has 2 aromatic rings. The maximum absolute atomic E-state index is 13.6. The van der Waals surface area contributed by atoms with E-state index in [0.29, 0.717) is 5.56 Å². The first-order valence-electron chi connectivity index (χ1n) is 5.98. The van der Waals surface area contributed by atoms with E-state index in [1.165, 1.54) is 12.1 Å². The molecule has 0 radical (unpaired) electrons. The summed E-state index contributed by atoms with van der Waals surface area (Å²) in [6.45, 7) is 1.66. The zero-order chi connectivity index (χ0) is 18.2. The summed E-state index contributed by atoms with van der Waals surface area (Å²) in [5.41, 5.74) is 0.702. The van der Waals surface area contributed by atoms with Crippen LogP contribution in [0.25, 0.3) is 0 Å². The minimum atomic E-state index is -4.71. The van der Waals surface area contributed by atoms with Crippen molar-refractivity contribution in [2.45, 2.75) is 11.8 Å². The first-order chi connectivity index (χ1) is 11.1. The molecule has 0 bridgehead atoms. The van der Waals surface area contributed by atoms with Crippen molar-refractivity contribution in [3.05, 3.63) is 62.5 Å². The second kappa shape index (κ2) is 6.90. The van der Waals surface area contributed by atoms with Gasteiger partial charge in [0.2, 0.25) is 0 Å². The van der Waals surface area contributed by atoms with Crippen molar-refractivity contribution in [1.29, 1.82) is 0 Å². The first-order valence-corrected chi connectivity index (χ1v) is 10.3. The summed E-state index contributed by atoms with van der Waals surface area (Å²) in [6.07, 6.45) is 0. The van der Waals surface area contributed by atoms with Crippen molar-refractivity contribution in [1.82, 2.24) is 0 Å². The molecule has 0 amide bonds. The van der Waals surface area contributed by atoms with Crippen LogP contribution in [-0.2, 0) is 12.6 Å². The topological polar surface area (TPSA) is 63.6 Å². The molecular weight excluding hydrogens is 474 g/mol. The minimum absolute atomic E-state index is 0.437. The van der Waals surface area contributed by atoms with Crippen molar-refractivity contribution in [2.24, 2.45) is 0 Å². The van der Waals surface area contributed by atoms with Gasteiger partial charge in [0.05, 0.1) is 0 Å². The Morgan fingerprint density at radius 2 is 1.29 bits per heavy atom. The molecule has 0 aliphatic heterocycles. The van der Waals surface area contributed by atoms with Gasteiger partial charge in [-0.2, -0.15) is 0 Å². The van der Waals surface area contributed by atoms with Crippen LogP contribution in [0.4, 0.5) is 22.0 Å². The zero-order valence-corrected chi connectivity index (χ0v) is 14.6. The SMILES string of the molecule is Cc1ccc(S(=O)(=O)OI(O)c2c(F)c(F)c(F)c(F)c2F)cc1. The summed E-state index contributed by atoms with van der Waals surface area (Å²) in [5.74, 6) is -11.6. The van der Waals surface area contributed by atoms with Gasteiger partial charge in [0.1, 0.15) is 0 Å². The van der Waals surface area contributed by atoms with Crippen LogP contribution in [0.1, 0.15) is 5.56 Å². The molecular formula is C13H8F5IO4S. The summed E-state index contributed by atoms with van der Waals surface area (Å²) in [5, 5.41) is 0. The van der Waals surface area contributed by atoms with Crippen LogP contribution in [0.5, 0.6) is 0 Å². The number of aryl methyl sites for hydroxylation is 1. The van der Waals surface area contributed by atoms with Crippen molar-refractivity contribution in [3.63, 3.8) is 0 Å². The Kier molecular flexibility index (Phi) is 5.47. The molecule has 0 aromatic heterocycles. The van der Waals surface area contributed by atoms with E-state index >= 15 is 0 Å². The molecule has 0 fully saturated rings. The second-order valence-electron chi connectivity index (χ2n) is 4.44. The van der Waals surface area contributed by atoms with Crippen molar-refractivity contribution < 1.29 is 36.3 Å². The van der Waals surface area contributed by atoms with Crippen molar-refractivity contribution >= 4 is 30.8 Å². The Morgan fingerprint density at radius 3 is 1.75 bits per heavy atom. The average molecular weight is 482 g/mol. The van der Waals surface area contributed by atoms with Gasteiger partial charge < -0.3 is 0 Å². The molecule has 1 N–H and O–H groups in total.